The van der Waals surface area contributed by atoms with Crippen molar-refractivity contribution in [3.8, 4) is 5.75 Å². The zero-order chi connectivity index (χ0) is 13.8. The van der Waals surface area contributed by atoms with Crippen LogP contribution in [0.25, 0.3) is 0 Å². The third-order valence-electron chi connectivity index (χ3n) is 2.45. The molecule has 0 atom stereocenters. The van der Waals surface area contributed by atoms with E-state index in [1.165, 1.54) is 6.07 Å². The van der Waals surface area contributed by atoms with Gasteiger partial charge in [0.1, 0.15) is 5.75 Å². The van der Waals surface area contributed by atoms with E-state index >= 15 is 0 Å². The van der Waals surface area contributed by atoms with Gasteiger partial charge in [-0.05, 0) is 43.0 Å². The average molecular weight is 282 g/mol. The van der Waals surface area contributed by atoms with E-state index < -0.39 is 6.36 Å². The van der Waals surface area contributed by atoms with Crippen molar-refractivity contribution in [1.82, 2.24) is 0 Å². The first kappa shape index (κ1) is 15.1. The summed E-state index contributed by atoms with van der Waals surface area (Å²) in [7, 11) is 0. The molecule has 0 saturated heterocycles. The van der Waals surface area contributed by atoms with E-state index in [-0.39, 0.29) is 10.8 Å². The number of alkyl halides is 3. The molecule has 6 heteroatoms. The Balaban J connectivity index is 3.06. The number of hydrogen-bond donors (Lipinski definition) is 1. The van der Waals surface area contributed by atoms with E-state index in [4.69, 9.17) is 17.3 Å². The molecular formula is C12H15ClF3NO. The molecule has 0 amide bonds. The van der Waals surface area contributed by atoms with Gasteiger partial charge in [-0.25, -0.2) is 0 Å². The van der Waals surface area contributed by atoms with Crippen molar-refractivity contribution in [2.45, 2.75) is 32.5 Å². The van der Waals surface area contributed by atoms with E-state index in [0.717, 1.165) is 5.56 Å². The average Bonchev–Trinajstić information content (AvgIpc) is 2.28. The molecule has 0 bridgehead atoms. The molecule has 2 N–H and O–H groups in total. The van der Waals surface area contributed by atoms with Crippen molar-refractivity contribution in [3.63, 3.8) is 0 Å². The normalized spacial score (nSPS) is 11.7. The van der Waals surface area contributed by atoms with Crippen LogP contribution in [0.1, 0.15) is 24.5 Å². The molecule has 102 valence electrons. The third kappa shape index (κ3) is 4.38. The van der Waals surface area contributed by atoms with Crippen LogP contribution >= 0.6 is 11.6 Å². The van der Waals surface area contributed by atoms with Crippen molar-refractivity contribution in [1.29, 1.82) is 0 Å². The number of benzene rings is 1. The summed E-state index contributed by atoms with van der Waals surface area (Å²) in [5.74, 6) is -0.337. The monoisotopic (exact) mass is 281 g/mol. The number of hydrogen-bond acceptors (Lipinski definition) is 2. The van der Waals surface area contributed by atoms with Gasteiger partial charge in [0.05, 0.1) is 5.02 Å². The fourth-order valence-electron chi connectivity index (χ4n) is 1.63. The van der Waals surface area contributed by atoms with E-state index in [1.807, 2.05) is 6.92 Å². The zero-order valence-electron chi connectivity index (χ0n) is 9.98. The maximum absolute atomic E-state index is 12.2. The number of halogens is 4. The molecule has 0 spiro atoms. The van der Waals surface area contributed by atoms with Gasteiger partial charge in [0.2, 0.25) is 0 Å². The standard InChI is InChI=1S/C12H15ClF3NO/c1-2-9-6-8(4-3-5-17)7-10(11(9)13)18-12(14,15)16/h6-7H,2-5,17H2,1H3. The highest BCUT2D eigenvalue weighted by Gasteiger charge is 2.32. The highest BCUT2D eigenvalue weighted by molar-refractivity contribution is 6.32. The van der Waals surface area contributed by atoms with Crippen LogP contribution in [0.15, 0.2) is 12.1 Å². The molecule has 0 heterocycles. The largest absolute Gasteiger partial charge is 0.573 e. The van der Waals surface area contributed by atoms with Gasteiger partial charge in [0, 0.05) is 0 Å². The van der Waals surface area contributed by atoms with Crippen molar-refractivity contribution in [2.75, 3.05) is 6.54 Å². The highest BCUT2D eigenvalue weighted by Crippen LogP contribution is 2.34. The summed E-state index contributed by atoms with van der Waals surface area (Å²) in [5, 5.41) is 0.0197. The molecule has 0 saturated carbocycles. The topological polar surface area (TPSA) is 35.2 Å². The van der Waals surface area contributed by atoms with Crippen LogP contribution in [0.4, 0.5) is 13.2 Å². The minimum atomic E-state index is -4.73. The molecule has 0 aliphatic rings. The Labute approximate surface area is 109 Å². The van der Waals surface area contributed by atoms with Crippen LogP contribution in [-0.4, -0.2) is 12.9 Å². The molecule has 0 aliphatic carbocycles. The molecule has 0 fully saturated rings. The number of aryl methyl sites for hydroxylation is 2. The molecule has 2 nitrogen and oxygen atoms in total. The van der Waals surface area contributed by atoms with Crippen LogP contribution < -0.4 is 10.5 Å². The second kappa shape index (κ2) is 6.29. The lowest BCUT2D eigenvalue weighted by Crippen LogP contribution is -2.18. The number of rotatable bonds is 5. The van der Waals surface area contributed by atoms with Gasteiger partial charge in [-0.1, -0.05) is 24.6 Å². The van der Waals surface area contributed by atoms with Crippen LogP contribution in [-0.2, 0) is 12.8 Å². The lowest BCUT2D eigenvalue weighted by atomic mass is 10.0. The molecule has 0 aliphatic heterocycles. The quantitative estimate of drug-likeness (QED) is 0.893. The molecule has 1 aromatic rings. The smallest absolute Gasteiger partial charge is 0.404 e. The summed E-state index contributed by atoms with van der Waals surface area (Å²) in [5.41, 5.74) is 6.77. The second-order valence-electron chi connectivity index (χ2n) is 3.86. The highest BCUT2D eigenvalue weighted by atomic mass is 35.5. The first-order valence-corrected chi connectivity index (χ1v) is 6.02. The molecule has 0 aromatic heterocycles. The lowest BCUT2D eigenvalue weighted by Gasteiger charge is -2.14. The Morgan fingerprint density at radius 1 is 1.33 bits per heavy atom. The minimum Gasteiger partial charge on any atom is -0.404 e. The van der Waals surface area contributed by atoms with Crippen molar-refractivity contribution in [3.05, 3.63) is 28.3 Å². The predicted octanol–water partition coefficient (Wildman–Crippen LogP) is 3.69. The Bertz CT molecular complexity index is 407. The van der Waals surface area contributed by atoms with Crippen LogP contribution in [0.2, 0.25) is 5.02 Å². The van der Waals surface area contributed by atoms with Crippen molar-refractivity contribution >= 4 is 11.6 Å². The van der Waals surface area contributed by atoms with Gasteiger partial charge < -0.3 is 10.5 Å². The summed E-state index contributed by atoms with van der Waals surface area (Å²) >= 11 is 5.87. The molecule has 0 radical (unpaired) electrons. The molecular weight excluding hydrogens is 267 g/mol. The summed E-state index contributed by atoms with van der Waals surface area (Å²) in [6, 6.07) is 3.12. The van der Waals surface area contributed by atoms with Gasteiger partial charge in [0.25, 0.3) is 0 Å². The fraction of sp³-hybridized carbons (Fsp3) is 0.500. The number of nitrogens with two attached hydrogens (primary N) is 1. The Hall–Kier alpha value is -0.940. The van der Waals surface area contributed by atoms with Gasteiger partial charge in [-0.15, -0.1) is 13.2 Å². The van der Waals surface area contributed by atoms with Gasteiger partial charge in [-0.2, -0.15) is 0 Å². The minimum absolute atomic E-state index is 0.0197. The molecule has 18 heavy (non-hydrogen) atoms. The summed E-state index contributed by atoms with van der Waals surface area (Å²) in [4.78, 5) is 0. The van der Waals surface area contributed by atoms with E-state index in [1.54, 1.807) is 6.07 Å². The Kier molecular flexibility index (Phi) is 5.28. The molecule has 1 aromatic carbocycles. The fourth-order valence-corrected chi connectivity index (χ4v) is 1.91. The first-order valence-electron chi connectivity index (χ1n) is 5.64. The summed E-state index contributed by atoms with van der Waals surface area (Å²) in [6.45, 7) is 2.31. The van der Waals surface area contributed by atoms with Crippen LogP contribution in [0, 0.1) is 0 Å². The van der Waals surface area contributed by atoms with E-state index in [2.05, 4.69) is 4.74 Å². The zero-order valence-corrected chi connectivity index (χ0v) is 10.7. The first-order chi connectivity index (χ1) is 8.37. The number of ether oxygens (including phenoxy) is 1. The predicted molar refractivity (Wildman–Crippen MR) is 64.9 cm³/mol. The third-order valence-corrected chi connectivity index (χ3v) is 2.88. The second-order valence-corrected chi connectivity index (χ2v) is 4.24. The lowest BCUT2D eigenvalue weighted by molar-refractivity contribution is -0.274. The summed E-state index contributed by atoms with van der Waals surface area (Å²) in [6.07, 6.45) is -2.88. The SMILES string of the molecule is CCc1cc(CCCN)cc(OC(F)(F)F)c1Cl. The maximum atomic E-state index is 12.2. The van der Waals surface area contributed by atoms with Gasteiger partial charge in [0.15, 0.2) is 0 Å². The van der Waals surface area contributed by atoms with E-state index in [0.29, 0.717) is 31.4 Å². The Morgan fingerprint density at radius 2 is 2.00 bits per heavy atom. The van der Waals surface area contributed by atoms with Crippen molar-refractivity contribution in [2.24, 2.45) is 5.73 Å². The molecule has 1 rings (SSSR count). The van der Waals surface area contributed by atoms with Crippen LogP contribution in [0.3, 0.4) is 0 Å². The maximum Gasteiger partial charge on any atom is 0.573 e. The Morgan fingerprint density at radius 3 is 2.50 bits per heavy atom. The van der Waals surface area contributed by atoms with E-state index in [9.17, 15) is 13.2 Å². The van der Waals surface area contributed by atoms with Crippen molar-refractivity contribution < 1.29 is 17.9 Å². The van der Waals surface area contributed by atoms with Gasteiger partial charge in [-0.3, -0.25) is 0 Å². The summed E-state index contributed by atoms with van der Waals surface area (Å²) < 4.78 is 40.7. The van der Waals surface area contributed by atoms with Gasteiger partial charge >= 0.3 is 6.36 Å². The van der Waals surface area contributed by atoms with Crippen LogP contribution in [0.5, 0.6) is 5.75 Å². The molecule has 0 unspecified atom stereocenters.